The van der Waals surface area contributed by atoms with Gasteiger partial charge in [0.25, 0.3) is 0 Å². The Hall–Kier alpha value is -2.57. The number of likely N-dealkylation sites (tertiary alicyclic amines) is 1. The Balaban J connectivity index is 0.00000180. The molecule has 2 saturated heterocycles. The smallest absolute Gasteiger partial charge is 0.322 e. The largest absolute Gasteiger partial charge is 0.436 e. The van der Waals surface area contributed by atoms with Gasteiger partial charge >= 0.3 is 6.03 Å². The number of fused-ring (bicyclic) bond motifs is 2. The number of carbonyl (C=O) groups excluding carboxylic acids is 1. The quantitative estimate of drug-likeness (QED) is 0.706. The van der Waals surface area contributed by atoms with E-state index in [0.717, 1.165) is 48.4 Å². The van der Waals surface area contributed by atoms with E-state index in [2.05, 4.69) is 15.6 Å². The van der Waals surface area contributed by atoms with Crippen LogP contribution in [-0.2, 0) is 0 Å². The van der Waals surface area contributed by atoms with E-state index in [-0.39, 0.29) is 18.4 Å². The van der Waals surface area contributed by atoms with Crippen LogP contribution in [0.5, 0.6) is 0 Å². The number of anilines is 1. The lowest BCUT2D eigenvalue weighted by molar-refractivity contribution is 0.206. The van der Waals surface area contributed by atoms with Crippen molar-refractivity contribution in [2.24, 2.45) is 5.92 Å². The molecule has 2 fully saturated rings. The molecule has 0 aliphatic carbocycles. The van der Waals surface area contributed by atoms with Crippen LogP contribution < -0.4 is 10.6 Å². The molecule has 3 aromatic rings. The average molecular weight is 385 g/mol. The molecule has 2 aliphatic rings. The predicted octanol–water partition coefficient (Wildman–Crippen LogP) is 3.74. The van der Waals surface area contributed by atoms with Crippen molar-refractivity contribution in [1.29, 1.82) is 0 Å². The summed E-state index contributed by atoms with van der Waals surface area (Å²) >= 11 is 0. The predicted molar refractivity (Wildman–Crippen MR) is 107 cm³/mol. The maximum Gasteiger partial charge on any atom is 0.322 e. The van der Waals surface area contributed by atoms with Crippen molar-refractivity contribution in [3.63, 3.8) is 0 Å². The second-order valence-corrected chi connectivity index (χ2v) is 6.96. The lowest BCUT2D eigenvalue weighted by Gasteiger charge is -2.23. The molecule has 2 amide bonds. The summed E-state index contributed by atoms with van der Waals surface area (Å²) in [7, 11) is 0. The van der Waals surface area contributed by atoms with Crippen molar-refractivity contribution >= 4 is 35.2 Å². The number of urea groups is 1. The summed E-state index contributed by atoms with van der Waals surface area (Å²) in [4.78, 5) is 19.0. The molecule has 0 spiro atoms. The van der Waals surface area contributed by atoms with Gasteiger partial charge in [-0.25, -0.2) is 9.78 Å². The van der Waals surface area contributed by atoms with E-state index in [1.54, 1.807) is 0 Å². The zero-order chi connectivity index (χ0) is 17.5. The van der Waals surface area contributed by atoms with E-state index in [4.69, 9.17) is 4.42 Å². The van der Waals surface area contributed by atoms with Crippen molar-refractivity contribution in [2.75, 3.05) is 25.0 Å². The number of oxazole rings is 1. The molecule has 27 heavy (non-hydrogen) atoms. The zero-order valence-electron chi connectivity index (χ0n) is 14.7. The van der Waals surface area contributed by atoms with E-state index >= 15 is 0 Å². The van der Waals surface area contributed by atoms with Crippen LogP contribution in [0.3, 0.4) is 0 Å². The van der Waals surface area contributed by atoms with E-state index in [0.29, 0.717) is 17.9 Å². The van der Waals surface area contributed by atoms with Crippen molar-refractivity contribution in [2.45, 2.75) is 12.5 Å². The molecule has 0 saturated carbocycles. The number of para-hydroxylation sites is 2. The summed E-state index contributed by atoms with van der Waals surface area (Å²) in [6.07, 6.45) is 1.09. The van der Waals surface area contributed by atoms with Crippen LogP contribution in [0.25, 0.3) is 22.6 Å². The Kier molecular flexibility index (Phi) is 4.76. The fraction of sp³-hybridized carbons (Fsp3) is 0.300. The maximum absolute atomic E-state index is 12.6. The van der Waals surface area contributed by atoms with Gasteiger partial charge in [-0.15, -0.1) is 12.4 Å². The number of aromatic nitrogens is 1. The second-order valence-electron chi connectivity index (χ2n) is 6.96. The van der Waals surface area contributed by atoms with Gasteiger partial charge in [0.1, 0.15) is 5.52 Å². The highest BCUT2D eigenvalue weighted by atomic mass is 35.5. The van der Waals surface area contributed by atoms with Crippen LogP contribution in [0, 0.1) is 5.92 Å². The first-order chi connectivity index (χ1) is 12.8. The summed E-state index contributed by atoms with van der Waals surface area (Å²) < 4.78 is 5.79. The molecule has 7 heteroatoms. The molecular formula is C20H21ClN4O2. The first-order valence-corrected chi connectivity index (χ1v) is 9.02. The molecule has 2 aromatic carbocycles. The first kappa shape index (κ1) is 17.8. The molecular weight excluding hydrogens is 364 g/mol. The average Bonchev–Trinajstić information content (AvgIpc) is 3.37. The van der Waals surface area contributed by atoms with Gasteiger partial charge in [-0.1, -0.05) is 12.1 Å². The van der Waals surface area contributed by atoms with Crippen LogP contribution in [0.4, 0.5) is 10.5 Å². The minimum absolute atomic E-state index is 0. The molecule has 0 unspecified atom stereocenters. The van der Waals surface area contributed by atoms with Gasteiger partial charge in [0, 0.05) is 36.9 Å². The molecule has 3 heterocycles. The number of nitrogens with one attached hydrogen (secondary N) is 2. The van der Waals surface area contributed by atoms with Crippen molar-refractivity contribution in [1.82, 2.24) is 15.2 Å². The molecule has 0 radical (unpaired) electrons. The molecule has 2 aliphatic heterocycles. The van der Waals surface area contributed by atoms with Gasteiger partial charge in [-0.2, -0.15) is 0 Å². The third kappa shape index (κ3) is 3.26. The fourth-order valence-corrected chi connectivity index (χ4v) is 3.99. The van der Waals surface area contributed by atoms with Gasteiger partial charge in [0.15, 0.2) is 5.58 Å². The standard InChI is InChI=1S/C20H20N4O2.ClH/c25-20(24-10-9-14-11-21-12-17(14)24)22-15-7-5-13(6-8-15)19-23-16-3-1-2-4-18(16)26-19;/h1-8,14,17,21H,9-12H2,(H,22,25);1H/t14-,17+;/m0./s1. The minimum atomic E-state index is -0.0178. The van der Waals surface area contributed by atoms with E-state index in [1.165, 1.54) is 0 Å². The van der Waals surface area contributed by atoms with Crippen molar-refractivity contribution < 1.29 is 9.21 Å². The summed E-state index contributed by atoms with van der Waals surface area (Å²) in [5.74, 6) is 1.19. The third-order valence-electron chi connectivity index (χ3n) is 5.38. The maximum atomic E-state index is 12.6. The lowest BCUT2D eigenvalue weighted by atomic mass is 10.1. The molecule has 0 bridgehead atoms. The molecule has 5 rings (SSSR count). The Bertz CT molecular complexity index is 923. The van der Waals surface area contributed by atoms with E-state index in [1.807, 2.05) is 53.4 Å². The highest BCUT2D eigenvalue weighted by Gasteiger charge is 2.39. The summed E-state index contributed by atoms with van der Waals surface area (Å²) in [6, 6.07) is 15.6. The lowest BCUT2D eigenvalue weighted by Crippen LogP contribution is -2.41. The molecule has 140 valence electrons. The van der Waals surface area contributed by atoms with Gasteiger partial charge in [0.2, 0.25) is 5.89 Å². The van der Waals surface area contributed by atoms with Crippen LogP contribution in [0.1, 0.15) is 6.42 Å². The number of halogens is 1. The number of benzene rings is 2. The number of rotatable bonds is 2. The van der Waals surface area contributed by atoms with Crippen molar-refractivity contribution in [3.05, 3.63) is 48.5 Å². The zero-order valence-corrected chi connectivity index (χ0v) is 15.5. The van der Waals surface area contributed by atoms with Crippen LogP contribution in [-0.4, -0.2) is 41.6 Å². The third-order valence-corrected chi connectivity index (χ3v) is 5.38. The van der Waals surface area contributed by atoms with Crippen LogP contribution in [0.15, 0.2) is 52.9 Å². The minimum Gasteiger partial charge on any atom is -0.436 e. The molecule has 2 N–H and O–H groups in total. The van der Waals surface area contributed by atoms with Gasteiger partial charge < -0.3 is 20.0 Å². The molecule has 1 aromatic heterocycles. The number of hydrogen-bond donors (Lipinski definition) is 2. The number of amides is 2. The first-order valence-electron chi connectivity index (χ1n) is 9.02. The second kappa shape index (κ2) is 7.21. The summed E-state index contributed by atoms with van der Waals surface area (Å²) in [6.45, 7) is 2.76. The SMILES string of the molecule is Cl.O=C(Nc1ccc(-c2nc3ccccc3o2)cc1)N1CC[C@H]2CNC[C@H]21. The van der Waals surface area contributed by atoms with Crippen LogP contribution in [0.2, 0.25) is 0 Å². The monoisotopic (exact) mass is 384 g/mol. The van der Waals surface area contributed by atoms with Gasteiger partial charge in [-0.05, 0) is 48.7 Å². The summed E-state index contributed by atoms with van der Waals surface area (Å²) in [5.41, 5.74) is 3.28. The topological polar surface area (TPSA) is 70.4 Å². The van der Waals surface area contributed by atoms with Crippen LogP contribution >= 0.6 is 12.4 Å². The van der Waals surface area contributed by atoms with E-state index in [9.17, 15) is 4.79 Å². The fourth-order valence-electron chi connectivity index (χ4n) is 3.99. The Morgan fingerprint density at radius 3 is 2.78 bits per heavy atom. The Morgan fingerprint density at radius 2 is 1.96 bits per heavy atom. The van der Waals surface area contributed by atoms with Gasteiger partial charge in [-0.3, -0.25) is 0 Å². The van der Waals surface area contributed by atoms with Gasteiger partial charge in [0.05, 0.1) is 0 Å². The molecule has 2 atom stereocenters. The van der Waals surface area contributed by atoms with Crippen molar-refractivity contribution in [3.8, 4) is 11.5 Å². The Labute approximate surface area is 163 Å². The molecule has 6 nitrogen and oxygen atoms in total. The highest BCUT2D eigenvalue weighted by molar-refractivity contribution is 5.90. The normalized spacial score (nSPS) is 21.1. The van der Waals surface area contributed by atoms with E-state index < -0.39 is 0 Å². The number of carbonyl (C=O) groups is 1. The Morgan fingerprint density at radius 1 is 1.15 bits per heavy atom. The highest BCUT2D eigenvalue weighted by Crippen LogP contribution is 2.28. The number of nitrogens with zero attached hydrogens (tertiary/aromatic N) is 2. The number of hydrogen-bond acceptors (Lipinski definition) is 4. The summed E-state index contributed by atoms with van der Waals surface area (Å²) in [5, 5.41) is 6.38.